The molecule has 0 unspecified atom stereocenters. The number of hydrogen-bond acceptors (Lipinski definition) is 5. The first kappa shape index (κ1) is 23.0. The summed E-state index contributed by atoms with van der Waals surface area (Å²) in [5.41, 5.74) is 2.27. The highest BCUT2D eigenvalue weighted by Gasteiger charge is 2.50. The number of para-hydroxylation sites is 1. The Bertz CT molecular complexity index is 1240. The van der Waals surface area contributed by atoms with Crippen LogP contribution in [0.1, 0.15) is 32.3 Å². The van der Waals surface area contributed by atoms with E-state index in [0.717, 1.165) is 17.7 Å². The molecule has 0 radical (unpaired) electrons. The molecule has 180 valence electrons. The number of carbonyl (C=O) groups excluding carboxylic acids is 4. The Morgan fingerprint density at radius 1 is 1.06 bits per heavy atom. The maximum absolute atomic E-state index is 13.1. The van der Waals surface area contributed by atoms with Gasteiger partial charge in [0.1, 0.15) is 5.75 Å². The molecule has 0 N–H and O–H groups in total. The van der Waals surface area contributed by atoms with Gasteiger partial charge >= 0.3 is 5.97 Å². The summed E-state index contributed by atoms with van der Waals surface area (Å²) in [6.45, 7) is 4.23. The van der Waals surface area contributed by atoms with E-state index in [2.05, 4.69) is 0 Å². The molecule has 2 fully saturated rings. The third kappa shape index (κ3) is 4.05. The molecule has 2 aliphatic heterocycles. The zero-order valence-electron chi connectivity index (χ0n) is 19.8. The zero-order valence-corrected chi connectivity index (χ0v) is 19.8. The van der Waals surface area contributed by atoms with Crippen LogP contribution in [0.3, 0.4) is 0 Å². The minimum Gasteiger partial charge on any atom is -0.426 e. The number of carbonyl (C=O) groups is 4. The van der Waals surface area contributed by atoms with Crippen LogP contribution in [-0.2, 0) is 25.6 Å². The summed E-state index contributed by atoms with van der Waals surface area (Å²) < 4.78 is 5.62. The predicted octanol–water partition coefficient (Wildman–Crippen LogP) is 3.91. The van der Waals surface area contributed by atoms with E-state index >= 15 is 0 Å². The average molecular weight is 473 g/mol. The van der Waals surface area contributed by atoms with Crippen molar-refractivity contribution in [3.05, 3.63) is 66.2 Å². The Labute approximate surface area is 204 Å². The number of imide groups is 1. The summed E-state index contributed by atoms with van der Waals surface area (Å²) >= 11 is 0. The number of nitrogens with zero attached hydrogens (tertiary/aromatic N) is 2. The number of rotatable bonds is 5. The van der Waals surface area contributed by atoms with E-state index in [1.54, 1.807) is 29.2 Å². The molecule has 35 heavy (non-hydrogen) atoms. The van der Waals surface area contributed by atoms with Gasteiger partial charge in [0, 0.05) is 24.7 Å². The molecule has 0 aromatic heterocycles. The largest absolute Gasteiger partial charge is 0.426 e. The van der Waals surface area contributed by atoms with E-state index in [1.165, 1.54) is 4.90 Å². The fourth-order valence-corrected chi connectivity index (χ4v) is 5.46. The summed E-state index contributed by atoms with van der Waals surface area (Å²) in [7, 11) is 0. The van der Waals surface area contributed by atoms with Crippen molar-refractivity contribution in [2.24, 2.45) is 23.7 Å². The van der Waals surface area contributed by atoms with Crippen LogP contribution in [0.2, 0.25) is 0 Å². The zero-order chi connectivity index (χ0) is 24.7. The van der Waals surface area contributed by atoms with E-state index in [-0.39, 0.29) is 54.2 Å². The van der Waals surface area contributed by atoms with Gasteiger partial charge in [0.05, 0.1) is 23.4 Å². The fourth-order valence-electron chi connectivity index (χ4n) is 5.46. The van der Waals surface area contributed by atoms with Gasteiger partial charge in [-0.25, -0.2) is 4.90 Å². The van der Waals surface area contributed by atoms with Gasteiger partial charge in [-0.05, 0) is 42.5 Å². The number of aryl methyl sites for hydroxylation is 1. The molecular weight excluding hydrogens is 444 g/mol. The van der Waals surface area contributed by atoms with E-state index in [0.29, 0.717) is 12.1 Å². The van der Waals surface area contributed by atoms with Gasteiger partial charge in [-0.2, -0.15) is 0 Å². The van der Waals surface area contributed by atoms with Crippen LogP contribution in [0.15, 0.2) is 60.7 Å². The van der Waals surface area contributed by atoms with Crippen molar-refractivity contribution in [2.75, 3.05) is 16.3 Å². The van der Waals surface area contributed by atoms with Crippen molar-refractivity contribution in [3.8, 4) is 5.75 Å². The smallest absolute Gasteiger partial charge is 0.316 e. The van der Waals surface area contributed by atoms with Gasteiger partial charge < -0.3 is 9.64 Å². The first-order valence-electron chi connectivity index (χ1n) is 12.1. The van der Waals surface area contributed by atoms with Crippen molar-refractivity contribution in [2.45, 2.75) is 33.1 Å². The Hall–Kier alpha value is -3.74. The monoisotopic (exact) mass is 472 g/mol. The van der Waals surface area contributed by atoms with Gasteiger partial charge in [0.15, 0.2) is 0 Å². The van der Waals surface area contributed by atoms with Gasteiger partial charge in [-0.15, -0.1) is 0 Å². The maximum Gasteiger partial charge on any atom is 0.316 e. The topological polar surface area (TPSA) is 84.0 Å². The molecule has 3 aliphatic rings. The van der Waals surface area contributed by atoms with Crippen molar-refractivity contribution in [1.82, 2.24) is 0 Å². The SMILES string of the molecule is CCc1ccccc1N1C[C@H](C(=O)Oc2cccc(N3C(=O)[C@@H]4[C@@H](C)C=CC[C@H]4C3=O)c2)CC1=O. The molecule has 2 aromatic rings. The quantitative estimate of drug-likeness (QED) is 0.285. The summed E-state index contributed by atoms with van der Waals surface area (Å²) in [5, 5.41) is 0. The van der Waals surface area contributed by atoms with Crippen LogP contribution in [0.5, 0.6) is 5.75 Å². The van der Waals surface area contributed by atoms with Crippen LogP contribution in [0.4, 0.5) is 11.4 Å². The number of anilines is 2. The lowest BCUT2D eigenvalue weighted by Crippen LogP contribution is -2.31. The second-order valence-electron chi connectivity index (χ2n) is 9.47. The lowest BCUT2D eigenvalue weighted by Gasteiger charge is -2.22. The van der Waals surface area contributed by atoms with E-state index in [9.17, 15) is 19.2 Å². The Morgan fingerprint density at radius 3 is 2.63 bits per heavy atom. The molecule has 0 bridgehead atoms. The highest BCUT2D eigenvalue weighted by Crippen LogP contribution is 2.41. The standard InChI is InChI=1S/C28H28N2O5/c1-3-18-9-4-5-13-23(18)29-16-19(14-24(29)31)28(34)35-21-11-7-10-20(15-21)30-26(32)22-12-6-8-17(2)25(22)27(30)33/h4-11,13,15,17,19,22,25H,3,12,14,16H2,1-2H3/t17-,19+,22+,25+/m0/s1. The molecule has 2 saturated heterocycles. The van der Waals surface area contributed by atoms with Crippen LogP contribution in [0, 0.1) is 23.7 Å². The van der Waals surface area contributed by atoms with Crippen molar-refractivity contribution >= 4 is 35.1 Å². The third-order valence-electron chi connectivity index (χ3n) is 7.29. The normalized spacial score (nSPS) is 25.8. The van der Waals surface area contributed by atoms with Crippen molar-refractivity contribution < 1.29 is 23.9 Å². The summed E-state index contributed by atoms with van der Waals surface area (Å²) in [5.74, 6) is -2.11. The van der Waals surface area contributed by atoms with Crippen LogP contribution < -0.4 is 14.5 Å². The number of ether oxygens (including phenoxy) is 1. The van der Waals surface area contributed by atoms with Gasteiger partial charge in [-0.1, -0.05) is 50.3 Å². The van der Waals surface area contributed by atoms with Gasteiger partial charge in [-0.3, -0.25) is 19.2 Å². The summed E-state index contributed by atoms with van der Waals surface area (Å²) in [4.78, 5) is 54.6. The minimum atomic E-state index is -0.596. The second kappa shape index (κ2) is 9.13. The molecule has 4 atom stereocenters. The maximum atomic E-state index is 13.1. The van der Waals surface area contributed by atoms with E-state index in [4.69, 9.17) is 4.74 Å². The summed E-state index contributed by atoms with van der Waals surface area (Å²) in [6, 6.07) is 14.2. The Morgan fingerprint density at radius 2 is 1.86 bits per heavy atom. The average Bonchev–Trinajstić information content (AvgIpc) is 3.37. The highest BCUT2D eigenvalue weighted by molar-refractivity contribution is 6.22. The lowest BCUT2D eigenvalue weighted by molar-refractivity contribution is -0.139. The minimum absolute atomic E-state index is 0.00287. The predicted molar refractivity (Wildman–Crippen MR) is 131 cm³/mol. The van der Waals surface area contributed by atoms with Crippen LogP contribution in [-0.4, -0.2) is 30.2 Å². The molecule has 5 rings (SSSR count). The number of benzene rings is 2. The Balaban J connectivity index is 1.31. The van der Waals surface area contributed by atoms with Crippen molar-refractivity contribution in [1.29, 1.82) is 0 Å². The number of esters is 1. The fraction of sp³-hybridized carbons (Fsp3) is 0.357. The molecule has 0 spiro atoms. The lowest BCUT2D eigenvalue weighted by atomic mass is 9.78. The van der Waals surface area contributed by atoms with Gasteiger partial charge in [0.25, 0.3) is 0 Å². The van der Waals surface area contributed by atoms with Crippen molar-refractivity contribution in [3.63, 3.8) is 0 Å². The number of allylic oxidation sites excluding steroid dienone is 2. The van der Waals surface area contributed by atoms with E-state index < -0.39 is 11.9 Å². The first-order chi connectivity index (χ1) is 16.9. The number of amides is 3. The molecule has 2 heterocycles. The molecule has 7 heteroatoms. The van der Waals surface area contributed by atoms with Gasteiger partial charge in [0.2, 0.25) is 17.7 Å². The molecule has 3 amide bonds. The molecule has 2 aromatic carbocycles. The number of fused-ring (bicyclic) bond motifs is 1. The third-order valence-corrected chi connectivity index (χ3v) is 7.29. The molecule has 1 aliphatic carbocycles. The molecular formula is C28H28N2O5. The van der Waals surface area contributed by atoms with Crippen LogP contribution in [0.25, 0.3) is 0 Å². The van der Waals surface area contributed by atoms with Crippen LogP contribution >= 0.6 is 0 Å². The first-order valence-corrected chi connectivity index (χ1v) is 12.1. The van der Waals surface area contributed by atoms with E-state index in [1.807, 2.05) is 50.3 Å². The molecule has 0 saturated carbocycles. The Kier molecular flexibility index (Phi) is 6.01. The number of hydrogen-bond donors (Lipinski definition) is 0. The highest BCUT2D eigenvalue weighted by atomic mass is 16.5. The molecule has 7 nitrogen and oxygen atoms in total. The second-order valence-corrected chi connectivity index (χ2v) is 9.47. The summed E-state index contributed by atoms with van der Waals surface area (Å²) in [6.07, 6.45) is 5.36.